The predicted molar refractivity (Wildman–Crippen MR) is 129 cm³/mol. The Morgan fingerprint density at radius 2 is 1.97 bits per heavy atom. The lowest BCUT2D eigenvalue weighted by molar-refractivity contribution is -0.120. The molecule has 1 aliphatic rings. The minimum Gasteiger partial charge on any atom is -0.449 e. The fourth-order valence-corrected chi connectivity index (χ4v) is 4.13. The Morgan fingerprint density at radius 1 is 1.27 bits per heavy atom. The largest absolute Gasteiger partial charge is 0.449 e. The minimum atomic E-state index is -0.995. The molecule has 3 heterocycles. The molecule has 0 saturated carbocycles. The number of anilines is 1. The van der Waals surface area contributed by atoms with Crippen LogP contribution in [0.2, 0.25) is 0 Å². The number of nitrogens with zero attached hydrogens (tertiary/aromatic N) is 4. The van der Waals surface area contributed by atoms with E-state index in [0.717, 1.165) is 41.9 Å². The number of benzene rings is 1. The van der Waals surface area contributed by atoms with Gasteiger partial charge in [0.2, 0.25) is 0 Å². The summed E-state index contributed by atoms with van der Waals surface area (Å²) in [4.78, 5) is 26.3. The first-order valence-corrected chi connectivity index (χ1v) is 11.9. The third kappa shape index (κ3) is 6.98. The zero-order chi connectivity index (χ0) is 26.6. The van der Waals surface area contributed by atoms with Crippen LogP contribution in [0.3, 0.4) is 0 Å². The number of rotatable bonds is 9. The van der Waals surface area contributed by atoms with Crippen molar-refractivity contribution in [1.29, 1.82) is 0 Å². The van der Waals surface area contributed by atoms with E-state index in [-0.39, 0.29) is 24.0 Å². The summed E-state index contributed by atoms with van der Waals surface area (Å²) in [6, 6.07) is 4.90. The van der Waals surface area contributed by atoms with Crippen molar-refractivity contribution < 1.29 is 28.2 Å². The highest BCUT2D eigenvalue weighted by Gasteiger charge is 2.29. The fraction of sp³-hybridized carbons (Fsp3) is 0.440. The molecule has 1 amide bonds. The highest BCUT2D eigenvalue weighted by atomic mass is 19.1. The second-order valence-electron chi connectivity index (χ2n) is 9.63. The number of carbonyl (C=O) groups excluding carboxylic acids is 1. The van der Waals surface area contributed by atoms with Gasteiger partial charge in [-0.2, -0.15) is 10.2 Å². The van der Waals surface area contributed by atoms with Crippen molar-refractivity contribution in [3.05, 3.63) is 64.7 Å². The molecule has 37 heavy (non-hydrogen) atoms. The van der Waals surface area contributed by atoms with Gasteiger partial charge in [-0.3, -0.25) is 14.3 Å². The van der Waals surface area contributed by atoms with Gasteiger partial charge in [0.05, 0.1) is 18.3 Å². The van der Waals surface area contributed by atoms with E-state index in [2.05, 4.69) is 15.5 Å². The lowest BCUT2D eigenvalue weighted by atomic mass is 9.92. The summed E-state index contributed by atoms with van der Waals surface area (Å²) < 4.78 is 41.1. The number of aliphatic hydroxyl groups is 1. The van der Waals surface area contributed by atoms with Crippen molar-refractivity contribution in [2.75, 3.05) is 18.5 Å². The number of halogens is 2. The van der Waals surface area contributed by atoms with Crippen molar-refractivity contribution in [3.8, 4) is 11.5 Å². The summed E-state index contributed by atoms with van der Waals surface area (Å²) in [5.41, 5.74) is -1.67. The first-order chi connectivity index (χ1) is 17.6. The van der Waals surface area contributed by atoms with E-state index in [9.17, 15) is 23.5 Å². The maximum absolute atomic E-state index is 14.0. The van der Waals surface area contributed by atoms with Crippen LogP contribution in [-0.4, -0.2) is 49.4 Å². The van der Waals surface area contributed by atoms with Crippen molar-refractivity contribution in [1.82, 2.24) is 19.6 Å². The van der Waals surface area contributed by atoms with Gasteiger partial charge >= 0.3 is 0 Å². The molecule has 0 bridgehead atoms. The summed E-state index contributed by atoms with van der Waals surface area (Å²) in [6.07, 6.45) is 4.54. The maximum atomic E-state index is 14.0. The van der Waals surface area contributed by atoms with E-state index < -0.39 is 40.5 Å². The first-order valence-electron chi connectivity index (χ1n) is 11.9. The fourth-order valence-electron chi connectivity index (χ4n) is 4.13. The van der Waals surface area contributed by atoms with Gasteiger partial charge in [0.1, 0.15) is 6.04 Å². The number of amides is 1. The molecule has 198 valence electrons. The molecule has 1 fully saturated rings. The molecule has 1 atom stereocenters. The van der Waals surface area contributed by atoms with Crippen molar-refractivity contribution in [2.45, 2.75) is 51.3 Å². The van der Waals surface area contributed by atoms with Crippen LogP contribution in [-0.2, 0) is 16.1 Å². The summed E-state index contributed by atoms with van der Waals surface area (Å²) in [7, 11) is 0. The number of nitrogens with one attached hydrogen (secondary N) is 1. The number of aromatic nitrogens is 4. The van der Waals surface area contributed by atoms with Crippen molar-refractivity contribution >= 4 is 11.7 Å². The number of ether oxygens (including phenoxy) is 2. The zero-order valence-electron chi connectivity index (χ0n) is 20.6. The molecule has 3 aromatic rings. The second kappa shape index (κ2) is 11.2. The molecular formula is C25H29F2N5O5. The SMILES string of the molecule is CC(C)(O)Cn1ccc(NC(=O)C(CC2CCOCC2)n2ncc(Oc3c(F)cccc3F)cc2=O)n1. The van der Waals surface area contributed by atoms with Gasteiger partial charge < -0.3 is 19.9 Å². The third-order valence-corrected chi connectivity index (χ3v) is 5.88. The van der Waals surface area contributed by atoms with E-state index in [4.69, 9.17) is 9.47 Å². The van der Waals surface area contributed by atoms with Gasteiger partial charge in [-0.15, -0.1) is 0 Å². The van der Waals surface area contributed by atoms with Crippen LogP contribution in [0.4, 0.5) is 14.6 Å². The molecule has 1 aromatic carbocycles. The Morgan fingerprint density at radius 3 is 2.62 bits per heavy atom. The van der Waals surface area contributed by atoms with E-state index in [1.807, 2.05) is 0 Å². The molecule has 0 aliphatic carbocycles. The van der Waals surface area contributed by atoms with Crippen LogP contribution in [0.15, 0.2) is 47.5 Å². The Kier molecular flexibility index (Phi) is 7.98. The summed E-state index contributed by atoms with van der Waals surface area (Å²) in [6.45, 7) is 4.62. The Bertz CT molecular complexity index is 1280. The van der Waals surface area contributed by atoms with Crippen LogP contribution < -0.4 is 15.6 Å². The molecule has 4 rings (SSSR count). The van der Waals surface area contributed by atoms with Gasteiger partial charge in [-0.25, -0.2) is 13.5 Å². The molecule has 1 aliphatic heterocycles. The van der Waals surface area contributed by atoms with Crippen LogP contribution in [0, 0.1) is 17.6 Å². The maximum Gasteiger partial charge on any atom is 0.271 e. The first kappa shape index (κ1) is 26.4. The smallest absolute Gasteiger partial charge is 0.271 e. The molecule has 0 spiro atoms. The monoisotopic (exact) mass is 517 g/mol. The normalized spacial score (nSPS) is 15.4. The second-order valence-corrected chi connectivity index (χ2v) is 9.63. The highest BCUT2D eigenvalue weighted by Crippen LogP contribution is 2.28. The van der Waals surface area contributed by atoms with Crippen LogP contribution >= 0.6 is 0 Å². The van der Waals surface area contributed by atoms with Crippen LogP contribution in [0.25, 0.3) is 0 Å². The molecule has 10 nitrogen and oxygen atoms in total. The summed E-state index contributed by atoms with van der Waals surface area (Å²) in [5.74, 6) is -2.79. The molecule has 1 unspecified atom stereocenters. The van der Waals surface area contributed by atoms with Gasteiger partial charge in [-0.05, 0) is 51.2 Å². The van der Waals surface area contributed by atoms with Gasteiger partial charge in [0.25, 0.3) is 11.5 Å². The topological polar surface area (TPSA) is 120 Å². The third-order valence-electron chi connectivity index (χ3n) is 5.88. The standard InChI is InChI=1S/C25H29F2N5O5/c1-25(2,35)15-31-9-6-21(30-31)29-24(34)20(12-16-7-10-36-11-8-16)32-22(33)13-17(14-28-32)37-23-18(26)4-3-5-19(23)27/h3-6,9,13-14,16,20,35H,7-8,10-12,15H2,1-2H3,(H,29,30,34). The summed E-state index contributed by atoms with van der Waals surface area (Å²) in [5, 5.41) is 21.1. The average Bonchev–Trinajstić information content (AvgIpc) is 3.26. The van der Waals surface area contributed by atoms with Crippen molar-refractivity contribution in [3.63, 3.8) is 0 Å². The van der Waals surface area contributed by atoms with E-state index in [1.165, 1.54) is 10.7 Å². The van der Waals surface area contributed by atoms with E-state index in [0.29, 0.717) is 19.6 Å². The minimum absolute atomic E-state index is 0.120. The predicted octanol–water partition coefficient (Wildman–Crippen LogP) is 3.28. The summed E-state index contributed by atoms with van der Waals surface area (Å²) >= 11 is 0. The molecule has 12 heteroatoms. The molecule has 1 saturated heterocycles. The van der Waals surface area contributed by atoms with Crippen molar-refractivity contribution in [2.24, 2.45) is 5.92 Å². The number of hydrogen-bond donors (Lipinski definition) is 2. The van der Waals surface area contributed by atoms with Gasteiger partial charge in [0.15, 0.2) is 29.0 Å². The van der Waals surface area contributed by atoms with Crippen LogP contribution in [0.1, 0.15) is 39.2 Å². The van der Waals surface area contributed by atoms with E-state index in [1.54, 1.807) is 26.1 Å². The molecule has 2 N–H and O–H groups in total. The number of hydrogen-bond acceptors (Lipinski definition) is 7. The Balaban J connectivity index is 1.57. The zero-order valence-corrected chi connectivity index (χ0v) is 20.6. The van der Waals surface area contributed by atoms with E-state index >= 15 is 0 Å². The van der Waals surface area contributed by atoms with Gasteiger partial charge in [0, 0.05) is 31.5 Å². The molecule has 2 aromatic heterocycles. The molecule has 0 radical (unpaired) electrons. The lowest BCUT2D eigenvalue weighted by Crippen LogP contribution is -2.36. The lowest BCUT2D eigenvalue weighted by Gasteiger charge is -2.26. The van der Waals surface area contributed by atoms with Gasteiger partial charge in [-0.1, -0.05) is 6.07 Å². The quantitative estimate of drug-likeness (QED) is 0.447. The molecular weight excluding hydrogens is 488 g/mol. The number of para-hydroxylation sites is 1. The number of carbonyl (C=O) groups is 1. The Labute approximate surface area is 211 Å². The Hall–Kier alpha value is -3.64. The average molecular weight is 518 g/mol. The highest BCUT2D eigenvalue weighted by molar-refractivity contribution is 5.92. The van der Waals surface area contributed by atoms with Crippen LogP contribution in [0.5, 0.6) is 11.5 Å².